The van der Waals surface area contributed by atoms with Gasteiger partial charge in [0.05, 0.1) is 5.02 Å². The number of alkyl halides is 3. The molecule has 28 heavy (non-hydrogen) atoms. The Hall–Kier alpha value is -2.74. The van der Waals surface area contributed by atoms with Gasteiger partial charge in [-0.1, -0.05) is 41.9 Å². The van der Waals surface area contributed by atoms with Crippen LogP contribution < -0.4 is 15.8 Å². The molecule has 9 heteroatoms. The van der Waals surface area contributed by atoms with E-state index in [9.17, 15) is 22.8 Å². The number of carbonyl (C=O) groups excluding carboxylic acids is 2. The molecule has 0 aliphatic heterocycles. The van der Waals surface area contributed by atoms with E-state index in [0.29, 0.717) is 0 Å². The van der Waals surface area contributed by atoms with Gasteiger partial charge in [-0.15, -0.1) is 0 Å². The van der Waals surface area contributed by atoms with E-state index in [1.165, 1.54) is 6.07 Å². The molecule has 0 aliphatic rings. The Balaban J connectivity index is 2.10. The van der Waals surface area contributed by atoms with Gasteiger partial charge in [-0.2, -0.15) is 13.2 Å². The van der Waals surface area contributed by atoms with Crippen LogP contribution in [0.25, 0.3) is 0 Å². The molecule has 0 spiro atoms. The highest BCUT2D eigenvalue weighted by atomic mass is 35.5. The van der Waals surface area contributed by atoms with E-state index >= 15 is 0 Å². The highest BCUT2D eigenvalue weighted by molar-refractivity contribution is 6.32. The van der Waals surface area contributed by atoms with E-state index < -0.39 is 30.1 Å². The van der Waals surface area contributed by atoms with Crippen LogP contribution in [-0.2, 0) is 11.2 Å². The molecule has 0 saturated carbocycles. The minimum absolute atomic E-state index is 0.0522. The van der Waals surface area contributed by atoms with Gasteiger partial charge in [0.25, 0.3) is 5.91 Å². The maximum Gasteiger partial charge on any atom is 0.425 e. The highest BCUT2D eigenvalue weighted by Gasteiger charge is 2.38. The second kappa shape index (κ2) is 8.97. The average molecular weight is 415 g/mol. The Morgan fingerprint density at radius 2 is 1.82 bits per heavy atom. The van der Waals surface area contributed by atoms with Crippen LogP contribution in [0, 0.1) is 0 Å². The molecule has 2 aromatic carbocycles. The number of nitrogens with two attached hydrogens (primary N) is 1. The number of ether oxygens (including phenoxy) is 1. The van der Waals surface area contributed by atoms with Crippen molar-refractivity contribution in [3.8, 4) is 5.75 Å². The van der Waals surface area contributed by atoms with Crippen LogP contribution in [0.2, 0.25) is 5.02 Å². The summed E-state index contributed by atoms with van der Waals surface area (Å²) in [5, 5.41) is 2.34. The molecule has 2 atom stereocenters. The number of benzene rings is 2. The standard InChI is InChI=1S/C19H18ClF3N2O3/c1-11(19(21,22)23)28-16-8-7-13(10-14(16)20)18(27)25-15(17(24)26)9-12-5-3-2-4-6-12/h2-8,10-11,15H,9H2,1H3,(H2,24,26)(H,25,27). The summed E-state index contributed by atoms with van der Waals surface area (Å²) in [6.07, 6.45) is -6.42. The average Bonchev–Trinajstić information content (AvgIpc) is 2.62. The molecule has 150 valence electrons. The van der Waals surface area contributed by atoms with E-state index in [2.05, 4.69) is 5.32 Å². The van der Waals surface area contributed by atoms with Crippen molar-refractivity contribution in [2.45, 2.75) is 31.7 Å². The van der Waals surface area contributed by atoms with Crippen molar-refractivity contribution < 1.29 is 27.5 Å². The smallest absolute Gasteiger partial charge is 0.425 e. The van der Waals surface area contributed by atoms with Crippen molar-refractivity contribution in [1.29, 1.82) is 0 Å². The van der Waals surface area contributed by atoms with Gasteiger partial charge in [-0.3, -0.25) is 9.59 Å². The van der Waals surface area contributed by atoms with E-state index in [1.807, 2.05) is 6.07 Å². The fourth-order valence-corrected chi connectivity index (χ4v) is 2.53. The molecule has 0 fully saturated rings. The van der Waals surface area contributed by atoms with Gasteiger partial charge >= 0.3 is 6.18 Å². The maximum atomic E-state index is 12.6. The molecule has 2 rings (SSSR count). The molecule has 5 nitrogen and oxygen atoms in total. The molecule has 0 bridgehead atoms. The normalized spacial score (nSPS) is 13.5. The fraction of sp³-hybridized carbons (Fsp3) is 0.263. The summed E-state index contributed by atoms with van der Waals surface area (Å²) >= 11 is 5.93. The summed E-state index contributed by atoms with van der Waals surface area (Å²) in [6, 6.07) is 11.6. The molecule has 0 heterocycles. The molecule has 2 aromatic rings. The minimum atomic E-state index is -4.55. The van der Waals surface area contributed by atoms with E-state index in [1.54, 1.807) is 24.3 Å². The molecule has 0 aliphatic carbocycles. The lowest BCUT2D eigenvalue weighted by Gasteiger charge is -2.19. The zero-order valence-corrected chi connectivity index (χ0v) is 15.6. The first kappa shape index (κ1) is 21.6. The monoisotopic (exact) mass is 414 g/mol. The first-order valence-electron chi connectivity index (χ1n) is 8.25. The topological polar surface area (TPSA) is 81.4 Å². The number of primary amides is 1. The minimum Gasteiger partial charge on any atom is -0.480 e. The van der Waals surface area contributed by atoms with Gasteiger partial charge in [0.2, 0.25) is 5.91 Å². The predicted molar refractivity (Wildman–Crippen MR) is 98.2 cm³/mol. The first-order chi connectivity index (χ1) is 13.1. The summed E-state index contributed by atoms with van der Waals surface area (Å²) in [6.45, 7) is 0.845. The lowest BCUT2D eigenvalue weighted by molar-refractivity contribution is -0.189. The number of hydrogen-bond donors (Lipinski definition) is 2. The van der Waals surface area contributed by atoms with Crippen LogP contribution in [0.15, 0.2) is 48.5 Å². The van der Waals surface area contributed by atoms with Gasteiger partial charge in [0.15, 0.2) is 6.10 Å². The number of halogens is 4. The molecule has 3 N–H and O–H groups in total. The van der Waals surface area contributed by atoms with Crippen molar-refractivity contribution >= 4 is 23.4 Å². The molecule has 0 aromatic heterocycles. The van der Waals surface area contributed by atoms with Crippen molar-refractivity contribution in [2.24, 2.45) is 5.73 Å². The van der Waals surface area contributed by atoms with E-state index in [4.69, 9.17) is 22.1 Å². The van der Waals surface area contributed by atoms with Crippen LogP contribution in [0.3, 0.4) is 0 Å². The van der Waals surface area contributed by atoms with Crippen molar-refractivity contribution in [1.82, 2.24) is 5.32 Å². The SMILES string of the molecule is CC(Oc1ccc(C(=O)NC(Cc2ccccc2)C(N)=O)cc1Cl)C(F)(F)F. The Morgan fingerprint density at radius 3 is 2.36 bits per heavy atom. The molecular weight excluding hydrogens is 397 g/mol. The third-order valence-electron chi connectivity index (χ3n) is 3.89. The third kappa shape index (κ3) is 5.88. The number of nitrogens with one attached hydrogen (secondary N) is 1. The van der Waals surface area contributed by atoms with E-state index in [0.717, 1.165) is 24.6 Å². The summed E-state index contributed by atoms with van der Waals surface area (Å²) in [4.78, 5) is 24.1. The first-order valence-corrected chi connectivity index (χ1v) is 8.62. The van der Waals surface area contributed by atoms with Crippen LogP contribution in [-0.4, -0.2) is 30.1 Å². The zero-order valence-electron chi connectivity index (χ0n) is 14.8. The molecule has 0 radical (unpaired) electrons. The summed E-state index contributed by atoms with van der Waals surface area (Å²) in [7, 11) is 0. The summed E-state index contributed by atoms with van der Waals surface area (Å²) < 4.78 is 42.6. The lowest BCUT2D eigenvalue weighted by atomic mass is 10.0. The summed E-state index contributed by atoms with van der Waals surface area (Å²) in [5.41, 5.74) is 6.21. The highest BCUT2D eigenvalue weighted by Crippen LogP contribution is 2.30. The second-order valence-electron chi connectivity index (χ2n) is 6.07. The Kier molecular flexibility index (Phi) is 6.90. The van der Waals surface area contributed by atoms with Gasteiger partial charge in [-0.25, -0.2) is 0 Å². The van der Waals surface area contributed by atoms with Crippen LogP contribution in [0.4, 0.5) is 13.2 Å². The van der Waals surface area contributed by atoms with Gasteiger partial charge in [0.1, 0.15) is 11.8 Å². The van der Waals surface area contributed by atoms with Crippen LogP contribution >= 0.6 is 11.6 Å². The summed E-state index contributed by atoms with van der Waals surface area (Å²) in [5.74, 6) is -1.57. The fourth-order valence-electron chi connectivity index (χ4n) is 2.31. The third-order valence-corrected chi connectivity index (χ3v) is 4.19. The van der Waals surface area contributed by atoms with Gasteiger partial charge < -0.3 is 15.8 Å². The molecule has 0 saturated heterocycles. The van der Waals surface area contributed by atoms with Crippen LogP contribution in [0.1, 0.15) is 22.8 Å². The number of rotatable bonds is 7. The zero-order chi connectivity index (χ0) is 20.9. The second-order valence-corrected chi connectivity index (χ2v) is 6.47. The quantitative estimate of drug-likeness (QED) is 0.727. The van der Waals surface area contributed by atoms with Crippen molar-refractivity contribution in [3.05, 3.63) is 64.7 Å². The molecule has 2 amide bonds. The Labute approximate surface area is 164 Å². The van der Waals surface area contributed by atoms with Crippen LogP contribution in [0.5, 0.6) is 5.75 Å². The van der Waals surface area contributed by atoms with Gasteiger partial charge in [0, 0.05) is 12.0 Å². The molecule has 2 unspecified atom stereocenters. The molecular formula is C19H18ClF3N2O3. The van der Waals surface area contributed by atoms with Crippen molar-refractivity contribution in [3.63, 3.8) is 0 Å². The Morgan fingerprint density at radius 1 is 1.18 bits per heavy atom. The number of amides is 2. The maximum absolute atomic E-state index is 12.6. The lowest BCUT2D eigenvalue weighted by Crippen LogP contribution is -2.45. The Bertz CT molecular complexity index is 844. The predicted octanol–water partition coefficient (Wildman–Crippen LogP) is 3.50. The van der Waals surface area contributed by atoms with Gasteiger partial charge in [-0.05, 0) is 30.7 Å². The van der Waals surface area contributed by atoms with E-state index in [-0.39, 0.29) is 22.8 Å². The number of carbonyl (C=O) groups is 2. The number of hydrogen-bond acceptors (Lipinski definition) is 3. The largest absolute Gasteiger partial charge is 0.480 e. The van der Waals surface area contributed by atoms with Crippen molar-refractivity contribution in [2.75, 3.05) is 0 Å².